The van der Waals surface area contributed by atoms with Crippen molar-refractivity contribution >= 4 is 0 Å². The Labute approximate surface area is 130 Å². The van der Waals surface area contributed by atoms with Crippen LogP contribution in [0.5, 0.6) is 17.2 Å². The van der Waals surface area contributed by atoms with E-state index >= 15 is 0 Å². The molecule has 1 heterocycles. The monoisotopic (exact) mass is 312 g/mol. The molecule has 21 heavy (non-hydrogen) atoms. The van der Waals surface area contributed by atoms with Crippen molar-refractivity contribution in [3.8, 4) is 17.2 Å². The lowest BCUT2D eigenvalue weighted by Crippen LogP contribution is -3.00. The molecule has 2 rings (SSSR count). The average Bonchev–Trinajstić information content (AvgIpc) is 2.99. The summed E-state index contributed by atoms with van der Waals surface area (Å²) in [6.07, 6.45) is 1.66. The Hall–Kier alpha value is -1.85. The van der Waals surface area contributed by atoms with Crippen molar-refractivity contribution in [3.63, 3.8) is 0 Å². The van der Waals surface area contributed by atoms with Crippen LogP contribution in [0.15, 0.2) is 34.9 Å². The van der Waals surface area contributed by atoms with Crippen LogP contribution < -0.4 is 31.9 Å². The largest absolute Gasteiger partial charge is 1.00 e. The van der Waals surface area contributed by atoms with Crippen molar-refractivity contribution in [3.05, 3.63) is 41.9 Å². The standard InChI is InChI=1S/C15H19NO4.ClH/c1-17-13-7-11(8-14(18-2)15(13)19-3)9-16-10-12-5-4-6-20-12;/h4-8,16H,9-10H2,1-3H3;1H/p-1. The van der Waals surface area contributed by atoms with Gasteiger partial charge < -0.3 is 36.4 Å². The highest BCUT2D eigenvalue weighted by Crippen LogP contribution is 2.38. The maximum absolute atomic E-state index is 5.32. The highest BCUT2D eigenvalue weighted by molar-refractivity contribution is 5.53. The summed E-state index contributed by atoms with van der Waals surface area (Å²) in [7, 11) is 4.81. The van der Waals surface area contributed by atoms with Crippen LogP contribution >= 0.6 is 0 Å². The van der Waals surface area contributed by atoms with Crippen LogP contribution in [0.25, 0.3) is 0 Å². The Morgan fingerprint density at radius 1 is 1.00 bits per heavy atom. The van der Waals surface area contributed by atoms with Gasteiger partial charge in [-0.2, -0.15) is 0 Å². The van der Waals surface area contributed by atoms with Crippen LogP contribution in [0.1, 0.15) is 11.3 Å². The molecule has 0 saturated heterocycles. The first-order valence-electron chi connectivity index (χ1n) is 6.30. The van der Waals surface area contributed by atoms with Gasteiger partial charge in [0.05, 0.1) is 34.1 Å². The van der Waals surface area contributed by atoms with E-state index in [1.165, 1.54) is 0 Å². The molecule has 0 unspecified atom stereocenters. The summed E-state index contributed by atoms with van der Waals surface area (Å²) in [5.74, 6) is 2.81. The molecule has 5 nitrogen and oxygen atoms in total. The number of benzene rings is 1. The molecule has 2 aromatic rings. The van der Waals surface area contributed by atoms with Gasteiger partial charge in [-0.1, -0.05) is 0 Å². The van der Waals surface area contributed by atoms with Crippen molar-refractivity contribution < 1.29 is 31.0 Å². The molecule has 0 aliphatic heterocycles. The Morgan fingerprint density at radius 2 is 1.67 bits per heavy atom. The molecule has 0 amide bonds. The van der Waals surface area contributed by atoms with Gasteiger partial charge >= 0.3 is 0 Å². The third-order valence-electron chi connectivity index (χ3n) is 2.93. The minimum absolute atomic E-state index is 0. The lowest BCUT2D eigenvalue weighted by molar-refractivity contribution is -0.00000546. The summed E-state index contributed by atoms with van der Waals surface area (Å²) in [6.45, 7) is 1.35. The molecule has 0 aliphatic rings. The minimum Gasteiger partial charge on any atom is -1.00 e. The van der Waals surface area contributed by atoms with Crippen LogP contribution in [0, 0.1) is 0 Å². The van der Waals surface area contributed by atoms with E-state index in [4.69, 9.17) is 18.6 Å². The topological polar surface area (TPSA) is 52.9 Å². The quantitative estimate of drug-likeness (QED) is 0.754. The third-order valence-corrected chi connectivity index (χ3v) is 2.93. The lowest BCUT2D eigenvalue weighted by Gasteiger charge is -2.14. The van der Waals surface area contributed by atoms with Gasteiger partial charge in [0.1, 0.15) is 5.76 Å². The van der Waals surface area contributed by atoms with Crippen LogP contribution in [0.2, 0.25) is 0 Å². The molecule has 0 atom stereocenters. The molecule has 1 N–H and O–H groups in total. The summed E-state index contributed by atoms with van der Waals surface area (Å²) in [6, 6.07) is 7.66. The van der Waals surface area contributed by atoms with Crippen molar-refractivity contribution in [2.75, 3.05) is 21.3 Å². The molecule has 0 bridgehead atoms. The fraction of sp³-hybridized carbons (Fsp3) is 0.333. The number of rotatable bonds is 7. The zero-order chi connectivity index (χ0) is 14.4. The zero-order valence-electron chi connectivity index (χ0n) is 12.3. The molecule has 0 radical (unpaired) electrons. The van der Waals surface area contributed by atoms with E-state index in [9.17, 15) is 0 Å². The van der Waals surface area contributed by atoms with Gasteiger partial charge in [0.2, 0.25) is 5.75 Å². The summed E-state index contributed by atoms with van der Waals surface area (Å²) >= 11 is 0. The normalized spacial score (nSPS) is 9.86. The number of hydrogen-bond acceptors (Lipinski definition) is 5. The number of nitrogens with one attached hydrogen (secondary N) is 1. The van der Waals surface area contributed by atoms with E-state index in [1.807, 2.05) is 24.3 Å². The Kier molecular flexibility index (Phi) is 6.91. The lowest BCUT2D eigenvalue weighted by atomic mass is 10.1. The number of hydrogen-bond donors (Lipinski definition) is 1. The Bertz CT molecular complexity index is 518. The Balaban J connectivity index is 0.00000220. The number of furan rings is 1. The van der Waals surface area contributed by atoms with Crippen LogP contribution in [-0.2, 0) is 13.1 Å². The maximum atomic E-state index is 5.32. The fourth-order valence-corrected chi connectivity index (χ4v) is 1.98. The average molecular weight is 313 g/mol. The molecule has 1 aromatic heterocycles. The number of ether oxygens (including phenoxy) is 3. The van der Waals surface area contributed by atoms with E-state index in [1.54, 1.807) is 27.6 Å². The SMILES string of the molecule is COc1cc(CNCc2ccco2)cc(OC)c1OC.[Cl-]. The molecule has 0 spiro atoms. The van der Waals surface area contributed by atoms with E-state index < -0.39 is 0 Å². The first-order valence-corrected chi connectivity index (χ1v) is 6.30. The van der Waals surface area contributed by atoms with Crippen LogP contribution in [-0.4, -0.2) is 21.3 Å². The second-order valence-electron chi connectivity index (χ2n) is 4.22. The van der Waals surface area contributed by atoms with Gasteiger partial charge in [-0.25, -0.2) is 0 Å². The highest BCUT2D eigenvalue weighted by atomic mass is 35.5. The van der Waals surface area contributed by atoms with E-state index in [0.717, 1.165) is 11.3 Å². The smallest absolute Gasteiger partial charge is 0.203 e. The molecule has 1 aromatic carbocycles. The van der Waals surface area contributed by atoms with E-state index in [0.29, 0.717) is 30.3 Å². The van der Waals surface area contributed by atoms with Crippen molar-refractivity contribution in [2.45, 2.75) is 13.1 Å². The second kappa shape index (κ2) is 8.44. The molecule has 6 heteroatoms. The van der Waals surface area contributed by atoms with Crippen molar-refractivity contribution in [1.82, 2.24) is 5.32 Å². The molecule has 0 saturated carbocycles. The summed E-state index contributed by atoms with van der Waals surface area (Å²) in [5, 5.41) is 3.30. The van der Waals surface area contributed by atoms with Crippen molar-refractivity contribution in [1.29, 1.82) is 0 Å². The molecule has 0 fully saturated rings. The van der Waals surface area contributed by atoms with Gasteiger partial charge in [0.25, 0.3) is 0 Å². The molecular formula is C15H19ClNO4-. The molecule has 0 aliphatic carbocycles. The highest BCUT2D eigenvalue weighted by Gasteiger charge is 2.12. The van der Waals surface area contributed by atoms with Crippen LogP contribution in [0.4, 0.5) is 0 Å². The Morgan fingerprint density at radius 3 is 2.14 bits per heavy atom. The third kappa shape index (κ3) is 4.31. The summed E-state index contributed by atoms with van der Waals surface area (Å²) in [5.41, 5.74) is 1.05. The summed E-state index contributed by atoms with van der Waals surface area (Å²) < 4.78 is 21.2. The molecular weight excluding hydrogens is 294 g/mol. The van der Waals surface area contributed by atoms with Gasteiger partial charge in [-0.15, -0.1) is 0 Å². The summed E-state index contributed by atoms with van der Waals surface area (Å²) in [4.78, 5) is 0. The first kappa shape index (κ1) is 17.2. The zero-order valence-corrected chi connectivity index (χ0v) is 13.1. The number of methoxy groups -OCH3 is 3. The van der Waals surface area contributed by atoms with Gasteiger partial charge in [0, 0.05) is 6.54 Å². The first-order chi connectivity index (χ1) is 9.78. The second-order valence-corrected chi connectivity index (χ2v) is 4.22. The predicted molar refractivity (Wildman–Crippen MR) is 75.3 cm³/mol. The number of halogens is 1. The molecule has 116 valence electrons. The minimum atomic E-state index is 0. The van der Waals surface area contributed by atoms with E-state index in [-0.39, 0.29) is 12.4 Å². The van der Waals surface area contributed by atoms with Crippen LogP contribution in [0.3, 0.4) is 0 Å². The van der Waals surface area contributed by atoms with Crippen molar-refractivity contribution in [2.24, 2.45) is 0 Å². The van der Waals surface area contributed by atoms with Gasteiger partial charge in [-0.05, 0) is 29.8 Å². The fourth-order valence-electron chi connectivity index (χ4n) is 1.98. The van der Waals surface area contributed by atoms with Gasteiger partial charge in [0.15, 0.2) is 11.5 Å². The predicted octanol–water partition coefficient (Wildman–Crippen LogP) is -0.401. The van der Waals surface area contributed by atoms with E-state index in [2.05, 4.69) is 5.32 Å². The van der Waals surface area contributed by atoms with Gasteiger partial charge in [-0.3, -0.25) is 0 Å². The maximum Gasteiger partial charge on any atom is 0.203 e.